The molecular formula is C15H16ClN3O2. The third kappa shape index (κ3) is 2.66. The molecule has 0 spiro atoms. The highest BCUT2D eigenvalue weighted by molar-refractivity contribution is 6.32. The Morgan fingerprint density at radius 3 is 2.90 bits per heavy atom. The predicted octanol–water partition coefficient (Wildman–Crippen LogP) is 2.57. The van der Waals surface area contributed by atoms with Crippen LogP contribution >= 0.6 is 11.6 Å². The maximum Gasteiger partial charge on any atom is 0.307 e. The van der Waals surface area contributed by atoms with Crippen LogP contribution in [0.15, 0.2) is 30.6 Å². The number of rotatable bonds is 3. The van der Waals surface area contributed by atoms with Gasteiger partial charge in [-0.05, 0) is 31.0 Å². The molecule has 0 saturated carbocycles. The van der Waals surface area contributed by atoms with Crippen molar-refractivity contribution >= 4 is 17.6 Å². The van der Waals surface area contributed by atoms with E-state index in [4.69, 9.17) is 16.7 Å². The number of carbonyl (C=O) groups is 1. The van der Waals surface area contributed by atoms with Crippen LogP contribution < -0.4 is 5.32 Å². The van der Waals surface area contributed by atoms with Crippen LogP contribution in [0.3, 0.4) is 0 Å². The molecule has 2 heterocycles. The lowest BCUT2D eigenvalue weighted by Crippen LogP contribution is -2.17. The molecule has 1 aliphatic rings. The Bertz CT molecular complexity index is 683. The van der Waals surface area contributed by atoms with Gasteiger partial charge in [-0.25, -0.2) is 4.98 Å². The molecular weight excluding hydrogens is 290 g/mol. The van der Waals surface area contributed by atoms with Crippen molar-refractivity contribution < 1.29 is 9.90 Å². The van der Waals surface area contributed by atoms with Gasteiger partial charge in [0.1, 0.15) is 5.82 Å². The van der Waals surface area contributed by atoms with Gasteiger partial charge in [-0.3, -0.25) is 4.79 Å². The summed E-state index contributed by atoms with van der Waals surface area (Å²) < 4.78 is 1.92. The minimum atomic E-state index is -0.748. The van der Waals surface area contributed by atoms with Crippen molar-refractivity contribution in [3.05, 3.63) is 47.0 Å². The van der Waals surface area contributed by atoms with Crippen molar-refractivity contribution in [2.24, 2.45) is 5.92 Å². The van der Waals surface area contributed by atoms with Crippen molar-refractivity contribution in [2.45, 2.75) is 19.4 Å². The summed E-state index contributed by atoms with van der Waals surface area (Å²) in [5.41, 5.74) is 1.90. The number of halogens is 1. The average Bonchev–Trinajstić information content (AvgIpc) is 3.07. The molecule has 21 heavy (non-hydrogen) atoms. The minimum absolute atomic E-state index is 0.0431. The van der Waals surface area contributed by atoms with Gasteiger partial charge >= 0.3 is 5.97 Å². The smallest absolute Gasteiger partial charge is 0.307 e. The maximum absolute atomic E-state index is 11.0. The number of aryl methyl sites for hydroxylation is 1. The molecule has 0 aliphatic carbocycles. The van der Waals surface area contributed by atoms with E-state index in [0.717, 1.165) is 17.1 Å². The fourth-order valence-corrected chi connectivity index (χ4v) is 3.03. The van der Waals surface area contributed by atoms with Crippen LogP contribution in [0, 0.1) is 12.8 Å². The average molecular weight is 306 g/mol. The van der Waals surface area contributed by atoms with E-state index in [-0.39, 0.29) is 12.0 Å². The number of carboxylic acid groups (broad SMARTS) is 1. The summed E-state index contributed by atoms with van der Waals surface area (Å²) in [6.07, 6.45) is 4.19. The number of benzene rings is 1. The van der Waals surface area contributed by atoms with Crippen molar-refractivity contribution in [1.82, 2.24) is 14.9 Å². The fraction of sp³-hybridized carbons (Fsp3) is 0.333. The van der Waals surface area contributed by atoms with Crippen LogP contribution in [0.4, 0.5) is 0 Å². The topological polar surface area (TPSA) is 67.2 Å². The molecule has 0 amide bonds. The number of aromatic nitrogens is 2. The molecule has 1 aliphatic heterocycles. The second-order valence-corrected chi connectivity index (χ2v) is 5.69. The molecule has 2 aromatic rings. The van der Waals surface area contributed by atoms with Crippen molar-refractivity contribution in [3.63, 3.8) is 0 Å². The highest BCUT2D eigenvalue weighted by Crippen LogP contribution is 2.31. The predicted molar refractivity (Wildman–Crippen MR) is 79.8 cm³/mol. The largest absolute Gasteiger partial charge is 0.481 e. The number of hydrogen-bond acceptors (Lipinski definition) is 3. The Kier molecular flexibility index (Phi) is 3.69. The second kappa shape index (κ2) is 5.50. The van der Waals surface area contributed by atoms with Crippen molar-refractivity contribution in [2.75, 3.05) is 6.54 Å². The summed E-state index contributed by atoms with van der Waals surface area (Å²) in [5.74, 6) is -0.208. The Morgan fingerprint density at radius 2 is 2.33 bits per heavy atom. The molecule has 3 rings (SSSR count). The SMILES string of the molecule is Cc1nccn1-c1ccc(C2CC(C(=O)O)CN2)cc1Cl. The number of nitrogens with zero attached hydrogens (tertiary/aromatic N) is 2. The Labute approximate surface area is 127 Å². The summed E-state index contributed by atoms with van der Waals surface area (Å²) in [4.78, 5) is 15.2. The lowest BCUT2D eigenvalue weighted by molar-refractivity contribution is -0.141. The van der Waals surface area contributed by atoms with Crippen LogP contribution in [-0.4, -0.2) is 27.2 Å². The summed E-state index contributed by atoms with van der Waals surface area (Å²) in [6, 6.07) is 5.88. The molecule has 1 aromatic heterocycles. The highest BCUT2D eigenvalue weighted by atomic mass is 35.5. The highest BCUT2D eigenvalue weighted by Gasteiger charge is 2.30. The number of imidazole rings is 1. The van der Waals surface area contributed by atoms with Crippen molar-refractivity contribution in [1.29, 1.82) is 0 Å². The molecule has 5 nitrogen and oxygen atoms in total. The third-order valence-corrected chi connectivity index (χ3v) is 4.24. The van der Waals surface area contributed by atoms with Crippen molar-refractivity contribution in [3.8, 4) is 5.69 Å². The first-order valence-electron chi connectivity index (χ1n) is 6.82. The van der Waals surface area contributed by atoms with Gasteiger partial charge in [0.05, 0.1) is 16.6 Å². The molecule has 0 radical (unpaired) electrons. The van der Waals surface area contributed by atoms with E-state index < -0.39 is 5.97 Å². The van der Waals surface area contributed by atoms with E-state index in [0.29, 0.717) is 18.0 Å². The maximum atomic E-state index is 11.0. The molecule has 0 bridgehead atoms. The van der Waals surface area contributed by atoms with Gasteiger partial charge < -0.3 is 15.0 Å². The van der Waals surface area contributed by atoms with Gasteiger partial charge in [-0.1, -0.05) is 17.7 Å². The number of carboxylic acids is 1. The molecule has 2 N–H and O–H groups in total. The zero-order valence-electron chi connectivity index (χ0n) is 11.6. The summed E-state index contributed by atoms with van der Waals surface area (Å²) in [5, 5.41) is 12.9. The molecule has 110 valence electrons. The van der Waals surface area contributed by atoms with Crippen LogP contribution in [-0.2, 0) is 4.79 Å². The van der Waals surface area contributed by atoms with E-state index in [9.17, 15) is 4.79 Å². The summed E-state index contributed by atoms with van der Waals surface area (Å²) in [7, 11) is 0. The summed E-state index contributed by atoms with van der Waals surface area (Å²) >= 11 is 6.38. The van der Waals surface area contributed by atoms with Gasteiger partial charge in [0.15, 0.2) is 0 Å². The van der Waals surface area contributed by atoms with E-state index in [2.05, 4.69) is 10.3 Å². The number of hydrogen-bond donors (Lipinski definition) is 2. The summed E-state index contributed by atoms with van der Waals surface area (Å²) in [6.45, 7) is 2.42. The molecule has 1 saturated heterocycles. The normalized spacial score (nSPS) is 21.6. The Morgan fingerprint density at radius 1 is 1.52 bits per heavy atom. The first-order chi connectivity index (χ1) is 10.1. The van der Waals surface area contributed by atoms with E-state index in [1.807, 2.05) is 35.9 Å². The van der Waals surface area contributed by atoms with Gasteiger partial charge in [-0.15, -0.1) is 0 Å². The van der Waals surface area contributed by atoms with Crippen LogP contribution in [0.25, 0.3) is 5.69 Å². The van der Waals surface area contributed by atoms with Crippen LogP contribution in [0.5, 0.6) is 0 Å². The molecule has 1 fully saturated rings. The lowest BCUT2D eigenvalue weighted by atomic mass is 10.00. The molecule has 2 unspecified atom stereocenters. The third-order valence-electron chi connectivity index (χ3n) is 3.94. The fourth-order valence-electron chi connectivity index (χ4n) is 2.75. The molecule has 2 atom stereocenters. The van der Waals surface area contributed by atoms with E-state index >= 15 is 0 Å². The van der Waals surface area contributed by atoms with E-state index in [1.165, 1.54) is 0 Å². The molecule has 6 heteroatoms. The Hall–Kier alpha value is -1.85. The molecule has 1 aromatic carbocycles. The van der Waals surface area contributed by atoms with Gasteiger partial charge in [-0.2, -0.15) is 0 Å². The van der Waals surface area contributed by atoms with E-state index in [1.54, 1.807) is 6.20 Å². The van der Waals surface area contributed by atoms with Gasteiger partial charge in [0.2, 0.25) is 0 Å². The standard InChI is InChI=1S/C15H16ClN3O2/c1-9-17-4-5-19(9)14-3-2-10(6-12(14)16)13-7-11(8-18-13)15(20)21/h2-6,11,13,18H,7-8H2,1H3,(H,20,21). The number of nitrogens with one attached hydrogen (secondary N) is 1. The zero-order chi connectivity index (χ0) is 15.0. The zero-order valence-corrected chi connectivity index (χ0v) is 12.3. The van der Waals surface area contributed by atoms with Gasteiger partial charge in [0, 0.05) is 25.0 Å². The second-order valence-electron chi connectivity index (χ2n) is 5.29. The monoisotopic (exact) mass is 305 g/mol. The Balaban J connectivity index is 1.86. The van der Waals surface area contributed by atoms with Crippen LogP contribution in [0.1, 0.15) is 23.9 Å². The van der Waals surface area contributed by atoms with Crippen LogP contribution in [0.2, 0.25) is 5.02 Å². The lowest BCUT2D eigenvalue weighted by Gasteiger charge is -2.14. The first-order valence-corrected chi connectivity index (χ1v) is 7.20. The minimum Gasteiger partial charge on any atom is -0.481 e. The first kappa shape index (κ1) is 14.1. The quantitative estimate of drug-likeness (QED) is 0.914. The van der Waals surface area contributed by atoms with Gasteiger partial charge in [0.25, 0.3) is 0 Å². The number of aliphatic carboxylic acids is 1.